The summed E-state index contributed by atoms with van der Waals surface area (Å²) in [5.41, 5.74) is 5.00. The van der Waals surface area contributed by atoms with E-state index >= 15 is 0 Å². The van der Waals surface area contributed by atoms with Gasteiger partial charge in [0.25, 0.3) is 0 Å². The number of aliphatic carboxylic acids is 1. The number of carbonyl (C=O) groups is 1. The van der Waals surface area contributed by atoms with Crippen molar-refractivity contribution in [3.63, 3.8) is 0 Å². The van der Waals surface area contributed by atoms with E-state index in [0.717, 1.165) is 35.9 Å². The van der Waals surface area contributed by atoms with Crippen LogP contribution in [-0.4, -0.2) is 35.2 Å². The van der Waals surface area contributed by atoms with E-state index in [0.29, 0.717) is 6.04 Å². The summed E-state index contributed by atoms with van der Waals surface area (Å²) in [7, 11) is 2.34. The average Bonchev–Trinajstić information content (AvgIpc) is 2.90. The molecule has 0 amide bonds. The highest BCUT2D eigenvalue weighted by Gasteiger charge is 2.54. The molecule has 0 spiro atoms. The number of para-hydroxylation sites is 1. The largest absolute Gasteiger partial charge is 0.548 e. The normalized spacial score (nSPS) is 35.4. The van der Waals surface area contributed by atoms with Crippen molar-refractivity contribution in [2.24, 2.45) is 5.92 Å². The fourth-order valence-electron chi connectivity index (χ4n) is 5.66. The van der Waals surface area contributed by atoms with Crippen LogP contribution in [0.3, 0.4) is 0 Å². The number of carbonyl (C=O) groups excluding carboxylic acids is 1. The molecule has 0 saturated carbocycles. The Morgan fingerprint density at radius 2 is 2.17 bits per heavy atom. The van der Waals surface area contributed by atoms with Gasteiger partial charge in [-0.1, -0.05) is 24.3 Å². The van der Waals surface area contributed by atoms with Gasteiger partial charge in [0, 0.05) is 29.7 Å². The highest BCUT2D eigenvalue weighted by atomic mass is 16.4. The lowest BCUT2D eigenvalue weighted by atomic mass is 9.73. The summed E-state index contributed by atoms with van der Waals surface area (Å²) in [5.74, 6) is -0.881. The Labute approximate surface area is 141 Å². The molecule has 0 aliphatic carbocycles. The second kappa shape index (κ2) is 4.51. The Balaban J connectivity index is 1.91. The van der Waals surface area contributed by atoms with Gasteiger partial charge in [0.15, 0.2) is 0 Å². The number of fused-ring (bicyclic) bond motifs is 4. The standard InChI is InChI=1S/C20H22N2O2/c1-3-12-11-22(2)9-8-14-13-6-4-5-7-16(13)21-18(14)17(22)10-15(12)19(21)20(23)24/h3-7,15,17,19H,8-11H2,1-2H3/b12-3-/t15-,17-,19+,22?/m0/s1. The van der Waals surface area contributed by atoms with E-state index in [-0.39, 0.29) is 5.92 Å². The Morgan fingerprint density at radius 1 is 1.38 bits per heavy atom. The van der Waals surface area contributed by atoms with Crippen LogP contribution >= 0.6 is 0 Å². The van der Waals surface area contributed by atoms with E-state index in [1.54, 1.807) is 0 Å². The predicted octanol–water partition coefficient (Wildman–Crippen LogP) is 1.96. The molecule has 4 nitrogen and oxygen atoms in total. The van der Waals surface area contributed by atoms with Crippen LogP contribution in [0.2, 0.25) is 0 Å². The molecule has 124 valence electrons. The molecular weight excluding hydrogens is 300 g/mol. The number of likely N-dealkylation sites (N-methyl/N-ethyl adjacent to an activating group) is 1. The van der Waals surface area contributed by atoms with Crippen molar-refractivity contribution in [2.75, 3.05) is 20.1 Å². The van der Waals surface area contributed by atoms with Gasteiger partial charge in [-0.05, 0) is 24.1 Å². The maximum atomic E-state index is 12.1. The first-order valence-corrected chi connectivity index (χ1v) is 8.87. The quantitative estimate of drug-likeness (QED) is 0.595. The molecule has 3 aliphatic rings. The SMILES string of the molecule is C/C=C1/C[N+]2(C)CCc3c4n(c5ccccc35)[C@@H](C(=O)[O-])[C@H]1C[C@@H]42. The molecule has 4 heteroatoms. The van der Waals surface area contributed by atoms with Gasteiger partial charge in [-0.3, -0.25) is 0 Å². The van der Waals surface area contributed by atoms with Gasteiger partial charge in [0.1, 0.15) is 12.6 Å². The fraction of sp³-hybridized carbons (Fsp3) is 0.450. The molecule has 4 heterocycles. The number of aromatic nitrogens is 1. The van der Waals surface area contributed by atoms with Crippen molar-refractivity contribution in [3.8, 4) is 0 Å². The van der Waals surface area contributed by atoms with Crippen molar-refractivity contribution in [3.05, 3.63) is 47.2 Å². The van der Waals surface area contributed by atoms with E-state index in [1.165, 1.54) is 22.2 Å². The maximum Gasteiger partial charge on any atom is 0.131 e. The zero-order valence-corrected chi connectivity index (χ0v) is 14.2. The van der Waals surface area contributed by atoms with Gasteiger partial charge in [-0.2, -0.15) is 0 Å². The lowest BCUT2D eigenvalue weighted by Crippen LogP contribution is -2.60. The summed E-state index contributed by atoms with van der Waals surface area (Å²) in [4.78, 5) is 12.1. The molecule has 1 aromatic heterocycles. The topological polar surface area (TPSA) is 45.1 Å². The Hall–Kier alpha value is -2.07. The van der Waals surface area contributed by atoms with Crippen molar-refractivity contribution >= 4 is 16.9 Å². The summed E-state index contributed by atoms with van der Waals surface area (Å²) in [6.07, 6.45) is 4.10. The molecule has 2 bridgehead atoms. The van der Waals surface area contributed by atoms with E-state index in [1.807, 2.05) is 13.0 Å². The van der Waals surface area contributed by atoms with E-state index in [4.69, 9.17) is 0 Å². The Bertz CT molecular complexity index is 910. The first kappa shape index (κ1) is 14.3. The third kappa shape index (κ3) is 1.55. The number of piperidine rings is 1. The van der Waals surface area contributed by atoms with Gasteiger partial charge < -0.3 is 19.0 Å². The highest BCUT2D eigenvalue weighted by Crippen LogP contribution is 2.55. The number of quaternary nitrogens is 1. The molecule has 1 aromatic carbocycles. The highest BCUT2D eigenvalue weighted by molar-refractivity contribution is 5.88. The van der Waals surface area contributed by atoms with Crippen LogP contribution in [-0.2, 0) is 11.2 Å². The van der Waals surface area contributed by atoms with Crippen LogP contribution in [0.5, 0.6) is 0 Å². The lowest BCUT2D eigenvalue weighted by molar-refractivity contribution is -0.943. The summed E-state index contributed by atoms with van der Waals surface area (Å²) >= 11 is 0. The van der Waals surface area contributed by atoms with E-state index in [9.17, 15) is 9.90 Å². The number of carboxylic acids is 1. The fourth-order valence-corrected chi connectivity index (χ4v) is 5.66. The van der Waals surface area contributed by atoms with Gasteiger partial charge in [-0.15, -0.1) is 0 Å². The number of nitrogens with zero attached hydrogens (tertiary/aromatic N) is 2. The van der Waals surface area contributed by atoms with Crippen molar-refractivity contribution in [2.45, 2.75) is 31.8 Å². The Morgan fingerprint density at radius 3 is 2.92 bits per heavy atom. The van der Waals surface area contributed by atoms with Crippen molar-refractivity contribution in [1.29, 1.82) is 0 Å². The minimum atomic E-state index is -0.942. The maximum absolute atomic E-state index is 12.1. The summed E-state index contributed by atoms with van der Waals surface area (Å²) < 4.78 is 3.14. The summed E-state index contributed by atoms with van der Waals surface area (Å²) in [5, 5.41) is 13.4. The Kier molecular flexibility index (Phi) is 2.69. The number of hydrogen-bond donors (Lipinski definition) is 0. The zero-order valence-electron chi connectivity index (χ0n) is 14.2. The molecule has 4 atom stereocenters. The third-order valence-electron chi connectivity index (χ3n) is 6.77. The first-order chi connectivity index (χ1) is 11.5. The zero-order chi connectivity index (χ0) is 16.6. The van der Waals surface area contributed by atoms with Gasteiger partial charge >= 0.3 is 0 Å². The van der Waals surface area contributed by atoms with E-state index < -0.39 is 12.0 Å². The molecule has 5 rings (SSSR count). The number of rotatable bonds is 1. The molecule has 2 aromatic rings. The lowest BCUT2D eigenvalue weighted by Gasteiger charge is -2.55. The van der Waals surface area contributed by atoms with Crippen LogP contribution in [0.4, 0.5) is 0 Å². The van der Waals surface area contributed by atoms with Crippen LogP contribution in [0.15, 0.2) is 35.9 Å². The molecule has 24 heavy (non-hydrogen) atoms. The minimum Gasteiger partial charge on any atom is -0.548 e. The predicted molar refractivity (Wildman–Crippen MR) is 90.2 cm³/mol. The smallest absolute Gasteiger partial charge is 0.131 e. The summed E-state index contributed by atoms with van der Waals surface area (Å²) in [6.45, 7) is 4.15. The molecule has 1 unspecified atom stereocenters. The van der Waals surface area contributed by atoms with Crippen LogP contribution in [0.25, 0.3) is 10.9 Å². The van der Waals surface area contributed by atoms with E-state index in [2.05, 4.69) is 35.9 Å². The second-order valence-corrected chi connectivity index (χ2v) is 7.85. The molecule has 3 aliphatic heterocycles. The molecule has 0 N–H and O–H groups in total. The number of hydrogen-bond acceptors (Lipinski definition) is 2. The van der Waals surface area contributed by atoms with Crippen molar-refractivity contribution in [1.82, 2.24) is 4.57 Å². The van der Waals surface area contributed by atoms with Gasteiger partial charge in [0.2, 0.25) is 0 Å². The average molecular weight is 322 g/mol. The second-order valence-electron chi connectivity index (χ2n) is 7.85. The summed E-state index contributed by atoms with van der Waals surface area (Å²) in [6, 6.07) is 8.13. The van der Waals surface area contributed by atoms with Gasteiger partial charge in [0.05, 0.1) is 31.3 Å². The van der Waals surface area contributed by atoms with Gasteiger partial charge in [-0.25, -0.2) is 0 Å². The molecular formula is C20H22N2O2. The number of allylic oxidation sites excluding steroid dienone is 1. The molecule has 1 fully saturated rings. The third-order valence-corrected chi connectivity index (χ3v) is 6.77. The minimum absolute atomic E-state index is 0.0606. The molecule has 1 saturated heterocycles. The molecule has 0 radical (unpaired) electrons. The first-order valence-electron chi connectivity index (χ1n) is 8.87. The van der Waals surface area contributed by atoms with Crippen LogP contribution < -0.4 is 5.11 Å². The number of carboxylic acid groups (broad SMARTS) is 1. The monoisotopic (exact) mass is 322 g/mol. The number of benzene rings is 1. The van der Waals surface area contributed by atoms with Crippen molar-refractivity contribution < 1.29 is 14.4 Å². The van der Waals surface area contributed by atoms with Crippen LogP contribution in [0, 0.1) is 5.92 Å². The van der Waals surface area contributed by atoms with Crippen LogP contribution in [0.1, 0.15) is 36.7 Å².